The molecule has 5 heterocycles. The number of benzene rings is 6. The van der Waals surface area contributed by atoms with Gasteiger partial charge in [-0.15, -0.1) is 11.3 Å². The van der Waals surface area contributed by atoms with E-state index in [2.05, 4.69) is 143 Å². The number of aromatic nitrogens is 4. The summed E-state index contributed by atoms with van der Waals surface area (Å²) in [4.78, 5) is 9.52. The second kappa shape index (κ2) is 11.0. The summed E-state index contributed by atoms with van der Waals surface area (Å²) in [6.07, 6.45) is 3.72. The summed E-state index contributed by atoms with van der Waals surface area (Å²) in [7, 11) is 0. The van der Waals surface area contributed by atoms with Crippen LogP contribution in [0.5, 0.6) is 0 Å². The second-order valence-corrected chi connectivity index (χ2v) is 14.1. The lowest BCUT2D eigenvalue weighted by atomic mass is 10.0. The van der Waals surface area contributed by atoms with Gasteiger partial charge in [0.05, 0.1) is 33.5 Å². The van der Waals surface area contributed by atoms with Crippen LogP contribution >= 0.6 is 11.3 Å². The summed E-state index contributed by atoms with van der Waals surface area (Å²) in [5.41, 5.74) is 11.1. The largest absolute Gasteiger partial charge is 0.309 e. The van der Waals surface area contributed by atoms with Gasteiger partial charge >= 0.3 is 0 Å². The molecular formula is C46H28N4S. The van der Waals surface area contributed by atoms with Crippen molar-refractivity contribution < 1.29 is 0 Å². The highest BCUT2D eigenvalue weighted by atomic mass is 32.1. The van der Waals surface area contributed by atoms with E-state index in [-0.39, 0.29) is 0 Å². The lowest BCUT2D eigenvalue weighted by Crippen LogP contribution is -1.97. The Morgan fingerprint density at radius 1 is 0.412 bits per heavy atom. The average molecular weight is 669 g/mol. The molecule has 0 bridgehead atoms. The van der Waals surface area contributed by atoms with Crippen LogP contribution in [-0.2, 0) is 0 Å². The van der Waals surface area contributed by atoms with Crippen molar-refractivity contribution in [3.05, 3.63) is 170 Å². The van der Waals surface area contributed by atoms with Gasteiger partial charge in [-0.2, -0.15) is 0 Å². The molecule has 0 N–H and O–H groups in total. The van der Waals surface area contributed by atoms with Crippen LogP contribution < -0.4 is 0 Å². The Bertz CT molecular complexity index is 3060. The van der Waals surface area contributed by atoms with Gasteiger partial charge in [-0.1, -0.05) is 78.9 Å². The SMILES string of the molecule is c1ccc(-n2c3ccccc3c3c4sc5ccc6c7ccccc7n(-c7cc(-c8ccccn8)cc(-c8ccccn8)c7)c6c5c4ccc32)cc1. The smallest absolute Gasteiger partial charge is 0.0702 e. The maximum absolute atomic E-state index is 4.76. The third-order valence-electron chi connectivity index (χ3n) is 10.2. The molecule has 6 aromatic carbocycles. The molecule has 0 fully saturated rings. The van der Waals surface area contributed by atoms with Gasteiger partial charge in [0.25, 0.3) is 0 Å². The molecule has 5 aromatic heterocycles. The van der Waals surface area contributed by atoms with E-state index in [1.165, 1.54) is 69.5 Å². The van der Waals surface area contributed by atoms with E-state index in [4.69, 9.17) is 9.97 Å². The Labute approximate surface area is 297 Å². The number of fused-ring (bicyclic) bond motifs is 11. The number of pyridine rings is 2. The van der Waals surface area contributed by atoms with Crippen molar-refractivity contribution in [2.45, 2.75) is 0 Å². The molecule has 0 atom stereocenters. The second-order valence-electron chi connectivity index (χ2n) is 13.0. The van der Waals surface area contributed by atoms with Gasteiger partial charge in [0, 0.05) is 76.6 Å². The average Bonchev–Trinajstić information content (AvgIpc) is 3.86. The summed E-state index contributed by atoms with van der Waals surface area (Å²) in [5.74, 6) is 0. The van der Waals surface area contributed by atoms with E-state index in [1.54, 1.807) is 0 Å². The standard InChI is InChI=1S/C46H28N4S/c1-2-12-31(13-3-1)49-40-19-7-5-15-35(40)43-41(49)22-20-36-44-42(51-46(36)43)23-21-34-33-14-4-6-18-39(33)50(45(34)44)32-27-29(37-16-8-10-24-47-37)26-30(28-32)38-17-9-11-25-48-38/h1-28H. The summed E-state index contributed by atoms with van der Waals surface area (Å²) in [6, 6.07) is 56.6. The predicted octanol–water partition coefficient (Wildman–Crippen LogP) is 12.4. The molecule has 0 amide bonds. The highest BCUT2D eigenvalue weighted by molar-refractivity contribution is 7.27. The summed E-state index contributed by atoms with van der Waals surface area (Å²) in [5, 5.41) is 7.61. The maximum atomic E-state index is 4.76. The number of para-hydroxylation sites is 3. The molecule has 0 spiro atoms. The van der Waals surface area contributed by atoms with Gasteiger partial charge in [-0.05, 0) is 78.9 Å². The zero-order valence-corrected chi connectivity index (χ0v) is 28.2. The molecular weight excluding hydrogens is 641 g/mol. The van der Waals surface area contributed by atoms with Crippen molar-refractivity contribution in [3.63, 3.8) is 0 Å². The first kappa shape index (κ1) is 28.3. The number of thiophene rings is 1. The Morgan fingerprint density at radius 2 is 1.04 bits per heavy atom. The van der Waals surface area contributed by atoms with E-state index in [9.17, 15) is 0 Å². The highest BCUT2D eigenvalue weighted by Crippen LogP contribution is 2.47. The molecule has 0 aliphatic heterocycles. The molecule has 11 aromatic rings. The Morgan fingerprint density at radius 3 is 1.75 bits per heavy atom. The fourth-order valence-corrected chi connectivity index (χ4v) is 9.31. The molecule has 0 saturated heterocycles. The van der Waals surface area contributed by atoms with Gasteiger partial charge in [0.2, 0.25) is 0 Å². The first-order chi connectivity index (χ1) is 25.3. The predicted molar refractivity (Wildman–Crippen MR) is 214 cm³/mol. The molecule has 11 rings (SSSR count). The monoisotopic (exact) mass is 668 g/mol. The van der Waals surface area contributed by atoms with E-state index in [0.29, 0.717) is 0 Å². The van der Waals surface area contributed by atoms with Crippen molar-refractivity contribution in [1.82, 2.24) is 19.1 Å². The van der Waals surface area contributed by atoms with Crippen LogP contribution in [0, 0.1) is 0 Å². The van der Waals surface area contributed by atoms with E-state index in [0.717, 1.165) is 28.2 Å². The molecule has 51 heavy (non-hydrogen) atoms. The van der Waals surface area contributed by atoms with Crippen LogP contribution in [0.1, 0.15) is 0 Å². The molecule has 0 aliphatic rings. The van der Waals surface area contributed by atoms with Gasteiger partial charge < -0.3 is 9.13 Å². The van der Waals surface area contributed by atoms with Gasteiger partial charge in [-0.3, -0.25) is 9.97 Å². The molecule has 0 unspecified atom stereocenters. The Balaban J connectivity index is 1.28. The summed E-state index contributed by atoms with van der Waals surface area (Å²) in [6.45, 7) is 0. The first-order valence-corrected chi connectivity index (χ1v) is 18.0. The van der Waals surface area contributed by atoms with E-state index >= 15 is 0 Å². The maximum Gasteiger partial charge on any atom is 0.0702 e. The van der Waals surface area contributed by atoms with Crippen molar-refractivity contribution in [2.24, 2.45) is 0 Å². The van der Waals surface area contributed by atoms with Gasteiger partial charge in [0.15, 0.2) is 0 Å². The normalized spacial score (nSPS) is 11.9. The van der Waals surface area contributed by atoms with Crippen LogP contribution in [0.3, 0.4) is 0 Å². The fraction of sp³-hybridized carbons (Fsp3) is 0. The molecule has 5 heteroatoms. The number of rotatable bonds is 4. The zero-order valence-electron chi connectivity index (χ0n) is 27.4. The summed E-state index contributed by atoms with van der Waals surface area (Å²) >= 11 is 1.90. The fourth-order valence-electron chi connectivity index (χ4n) is 8.05. The molecule has 0 radical (unpaired) electrons. The van der Waals surface area contributed by atoms with Crippen molar-refractivity contribution in [2.75, 3.05) is 0 Å². The summed E-state index contributed by atoms with van der Waals surface area (Å²) < 4.78 is 7.46. The third-order valence-corrected chi connectivity index (χ3v) is 11.4. The lowest BCUT2D eigenvalue weighted by molar-refractivity contribution is 1.18. The van der Waals surface area contributed by atoms with Crippen molar-refractivity contribution >= 4 is 75.1 Å². The van der Waals surface area contributed by atoms with Crippen LogP contribution in [0.4, 0.5) is 0 Å². The molecule has 0 saturated carbocycles. The third kappa shape index (κ3) is 4.19. The van der Waals surface area contributed by atoms with Crippen molar-refractivity contribution in [3.8, 4) is 33.9 Å². The van der Waals surface area contributed by atoms with Crippen LogP contribution in [0.15, 0.2) is 170 Å². The molecule has 238 valence electrons. The zero-order chi connectivity index (χ0) is 33.5. The number of nitrogens with zero attached hydrogens (tertiary/aromatic N) is 4. The minimum atomic E-state index is 0.931. The molecule has 4 nitrogen and oxygen atoms in total. The number of hydrogen-bond donors (Lipinski definition) is 0. The van der Waals surface area contributed by atoms with E-state index in [1.807, 2.05) is 48.0 Å². The van der Waals surface area contributed by atoms with Crippen molar-refractivity contribution in [1.29, 1.82) is 0 Å². The lowest BCUT2D eigenvalue weighted by Gasteiger charge is -2.14. The molecule has 0 aliphatic carbocycles. The Kier molecular flexibility index (Phi) is 6.09. The van der Waals surface area contributed by atoms with Gasteiger partial charge in [0.1, 0.15) is 0 Å². The number of hydrogen-bond acceptors (Lipinski definition) is 3. The van der Waals surface area contributed by atoms with Gasteiger partial charge in [-0.25, -0.2) is 0 Å². The van der Waals surface area contributed by atoms with Crippen LogP contribution in [0.2, 0.25) is 0 Å². The first-order valence-electron chi connectivity index (χ1n) is 17.2. The van der Waals surface area contributed by atoms with E-state index < -0.39 is 0 Å². The van der Waals surface area contributed by atoms with Crippen LogP contribution in [0.25, 0.3) is 97.7 Å². The minimum Gasteiger partial charge on any atom is -0.309 e. The topological polar surface area (TPSA) is 35.6 Å². The van der Waals surface area contributed by atoms with Crippen LogP contribution in [-0.4, -0.2) is 19.1 Å². The highest BCUT2D eigenvalue weighted by Gasteiger charge is 2.22. The Hall–Kier alpha value is -6.56. The quantitative estimate of drug-likeness (QED) is 0.187. The minimum absolute atomic E-state index is 0.931.